The van der Waals surface area contributed by atoms with Gasteiger partial charge in [-0.15, -0.1) is 0 Å². The zero-order valence-electron chi connectivity index (χ0n) is 11.9. The van der Waals surface area contributed by atoms with Crippen molar-refractivity contribution in [2.75, 3.05) is 38.2 Å². The molecule has 1 N–H and O–H groups in total. The van der Waals surface area contributed by atoms with Crippen LogP contribution in [-0.2, 0) is 10.2 Å². The Morgan fingerprint density at radius 1 is 1.26 bits per heavy atom. The third kappa shape index (κ3) is 2.73. The maximum atomic E-state index is 11.8. The molecule has 19 heavy (non-hydrogen) atoms. The van der Waals surface area contributed by atoms with E-state index in [-0.39, 0.29) is 17.9 Å². The van der Waals surface area contributed by atoms with Gasteiger partial charge in [0.15, 0.2) is 0 Å². The van der Waals surface area contributed by atoms with Crippen LogP contribution in [0.1, 0.15) is 19.4 Å². The van der Waals surface area contributed by atoms with Crippen LogP contribution in [-0.4, -0.2) is 49.2 Å². The van der Waals surface area contributed by atoms with Crippen molar-refractivity contribution in [2.45, 2.75) is 19.3 Å². The molecule has 0 aliphatic carbocycles. The Morgan fingerprint density at radius 3 is 2.58 bits per heavy atom. The second kappa shape index (κ2) is 5.21. The van der Waals surface area contributed by atoms with Crippen LogP contribution in [0, 0.1) is 0 Å². The van der Waals surface area contributed by atoms with Gasteiger partial charge in [-0.25, -0.2) is 0 Å². The van der Waals surface area contributed by atoms with Crippen LogP contribution in [0.3, 0.4) is 0 Å². The summed E-state index contributed by atoms with van der Waals surface area (Å²) >= 11 is 0. The van der Waals surface area contributed by atoms with Gasteiger partial charge in [0.05, 0.1) is 13.2 Å². The van der Waals surface area contributed by atoms with E-state index in [1.54, 1.807) is 4.90 Å². The molecule has 1 saturated heterocycles. The number of rotatable bonds is 3. The minimum absolute atomic E-state index is 0.0890. The Kier molecular flexibility index (Phi) is 3.80. The first-order valence-electron chi connectivity index (χ1n) is 6.65. The van der Waals surface area contributed by atoms with Crippen LogP contribution in [0.5, 0.6) is 0 Å². The highest BCUT2D eigenvalue weighted by Crippen LogP contribution is 2.32. The Bertz CT molecular complexity index is 471. The molecule has 0 unspecified atom stereocenters. The van der Waals surface area contributed by atoms with Crippen LogP contribution in [0.15, 0.2) is 24.3 Å². The first-order valence-corrected chi connectivity index (χ1v) is 6.65. The van der Waals surface area contributed by atoms with Crippen LogP contribution in [0.4, 0.5) is 5.69 Å². The van der Waals surface area contributed by atoms with Crippen LogP contribution in [0.2, 0.25) is 0 Å². The number of likely N-dealkylation sites (N-methyl/N-ethyl adjacent to an activating group) is 1. The molecule has 0 radical (unpaired) electrons. The van der Waals surface area contributed by atoms with Gasteiger partial charge in [0.1, 0.15) is 0 Å². The van der Waals surface area contributed by atoms with Gasteiger partial charge in [0, 0.05) is 31.2 Å². The molecule has 0 spiro atoms. The van der Waals surface area contributed by atoms with Crippen molar-refractivity contribution in [1.29, 1.82) is 0 Å². The summed E-state index contributed by atoms with van der Waals surface area (Å²) in [5.74, 6) is 0.142. The number of carbonyl (C=O) groups is 1. The second-order valence-corrected chi connectivity index (χ2v) is 5.80. The van der Waals surface area contributed by atoms with Crippen LogP contribution in [0.25, 0.3) is 0 Å². The molecule has 104 valence electrons. The van der Waals surface area contributed by atoms with Gasteiger partial charge >= 0.3 is 0 Å². The lowest BCUT2D eigenvalue weighted by molar-refractivity contribution is -0.129. The summed E-state index contributed by atoms with van der Waals surface area (Å²) in [7, 11) is 1.84. The van der Waals surface area contributed by atoms with Crippen molar-refractivity contribution >= 4 is 11.6 Å². The average Bonchev–Trinajstić information content (AvgIpc) is 2.42. The van der Waals surface area contributed by atoms with Gasteiger partial charge in [0.25, 0.3) is 0 Å². The third-order valence-electron chi connectivity index (χ3n) is 3.83. The largest absolute Gasteiger partial charge is 0.395 e. The fourth-order valence-corrected chi connectivity index (χ4v) is 2.37. The lowest BCUT2D eigenvalue weighted by Crippen LogP contribution is -2.49. The number of nitrogens with zero attached hydrogens (tertiary/aromatic N) is 2. The van der Waals surface area contributed by atoms with Gasteiger partial charge in [-0.1, -0.05) is 32.0 Å². The van der Waals surface area contributed by atoms with E-state index in [2.05, 4.69) is 4.90 Å². The molecule has 4 nitrogen and oxygen atoms in total. The maximum absolute atomic E-state index is 11.8. The Balaban J connectivity index is 2.33. The second-order valence-electron chi connectivity index (χ2n) is 5.80. The summed E-state index contributed by atoms with van der Waals surface area (Å²) in [5, 5.41) is 9.57. The monoisotopic (exact) mass is 262 g/mol. The van der Waals surface area contributed by atoms with Crippen molar-refractivity contribution in [1.82, 2.24) is 4.90 Å². The molecule has 2 rings (SSSR count). The number of amides is 1. The van der Waals surface area contributed by atoms with Gasteiger partial charge in [0.2, 0.25) is 5.91 Å². The summed E-state index contributed by atoms with van der Waals surface area (Å²) in [4.78, 5) is 15.7. The molecule has 0 saturated carbocycles. The number of aliphatic hydroxyl groups excluding tert-OH is 1. The number of anilines is 1. The van der Waals surface area contributed by atoms with E-state index in [1.165, 1.54) is 0 Å². The van der Waals surface area contributed by atoms with Crippen molar-refractivity contribution in [2.24, 2.45) is 0 Å². The Hall–Kier alpha value is -1.55. The molecule has 4 heteroatoms. The highest BCUT2D eigenvalue weighted by Gasteiger charge is 2.28. The summed E-state index contributed by atoms with van der Waals surface area (Å²) in [6.07, 6.45) is 0. The SMILES string of the molecule is CN1CCN(c2ccccc2C(C)(C)CO)CC1=O. The van der Waals surface area contributed by atoms with E-state index in [4.69, 9.17) is 0 Å². The van der Waals surface area contributed by atoms with Crippen molar-refractivity contribution in [3.63, 3.8) is 0 Å². The molecule has 1 aromatic rings. The molecule has 1 fully saturated rings. The molecule has 0 atom stereocenters. The topological polar surface area (TPSA) is 43.8 Å². The van der Waals surface area contributed by atoms with Crippen molar-refractivity contribution in [3.05, 3.63) is 29.8 Å². The van der Waals surface area contributed by atoms with Crippen molar-refractivity contribution in [3.8, 4) is 0 Å². The molecule has 1 aliphatic rings. The number of carbonyl (C=O) groups excluding carboxylic acids is 1. The molecule has 1 heterocycles. The van der Waals surface area contributed by atoms with E-state index in [0.717, 1.165) is 24.3 Å². The van der Waals surface area contributed by atoms with Gasteiger partial charge < -0.3 is 14.9 Å². The molecule has 1 aliphatic heterocycles. The van der Waals surface area contributed by atoms with Gasteiger partial charge in [-0.2, -0.15) is 0 Å². The van der Waals surface area contributed by atoms with E-state index in [1.807, 2.05) is 45.2 Å². The Labute approximate surface area is 114 Å². The molecular weight excluding hydrogens is 240 g/mol. The van der Waals surface area contributed by atoms with E-state index in [0.29, 0.717) is 6.54 Å². The molecule has 1 amide bonds. The number of hydrogen-bond donors (Lipinski definition) is 1. The lowest BCUT2D eigenvalue weighted by atomic mass is 9.84. The fourth-order valence-electron chi connectivity index (χ4n) is 2.37. The number of para-hydroxylation sites is 1. The molecule has 0 aromatic heterocycles. The number of benzene rings is 1. The smallest absolute Gasteiger partial charge is 0.241 e. The fraction of sp³-hybridized carbons (Fsp3) is 0.533. The quantitative estimate of drug-likeness (QED) is 0.891. The molecular formula is C15H22N2O2. The Morgan fingerprint density at radius 2 is 1.95 bits per heavy atom. The number of hydrogen-bond acceptors (Lipinski definition) is 3. The zero-order valence-corrected chi connectivity index (χ0v) is 11.9. The summed E-state index contributed by atoms with van der Waals surface area (Å²) in [6, 6.07) is 8.03. The van der Waals surface area contributed by atoms with Crippen LogP contribution < -0.4 is 4.90 Å². The normalized spacial score (nSPS) is 16.9. The standard InChI is InChI=1S/C15H22N2O2/c1-15(2,11-18)12-6-4-5-7-13(12)17-9-8-16(3)14(19)10-17/h4-7,18H,8-11H2,1-3H3. The molecule has 0 bridgehead atoms. The predicted octanol–water partition coefficient (Wildman–Crippen LogP) is 1.23. The van der Waals surface area contributed by atoms with Gasteiger partial charge in [-0.05, 0) is 11.6 Å². The predicted molar refractivity (Wildman–Crippen MR) is 76.4 cm³/mol. The first-order chi connectivity index (χ1) is 8.95. The number of aliphatic hydroxyl groups is 1. The van der Waals surface area contributed by atoms with Crippen molar-refractivity contribution < 1.29 is 9.90 Å². The van der Waals surface area contributed by atoms with Gasteiger partial charge in [-0.3, -0.25) is 4.79 Å². The highest BCUT2D eigenvalue weighted by molar-refractivity contribution is 5.83. The van der Waals surface area contributed by atoms with E-state index >= 15 is 0 Å². The summed E-state index contributed by atoms with van der Waals surface area (Å²) < 4.78 is 0. The summed E-state index contributed by atoms with van der Waals surface area (Å²) in [6.45, 7) is 6.11. The number of piperazine rings is 1. The first kappa shape index (κ1) is 13.9. The highest BCUT2D eigenvalue weighted by atomic mass is 16.3. The van der Waals surface area contributed by atoms with Crippen LogP contribution >= 0.6 is 0 Å². The third-order valence-corrected chi connectivity index (χ3v) is 3.83. The maximum Gasteiger partial charge on any atom is 0.241 e. The molecule has 1 aromatic carbocycles. The lowest BCUT2D eigenvalue weighted by Gasteiger charge is -2.37. The minimum atomic E-state index is -0.303. The zero-order chi connectivity index (χ0) is 14.0. The van der Waals surface area contributed by atoms with E-state index in [9.17, 15) is 9.90 Å². The summed E-state index contributed by atoms with van der Waals surface area (Å²) in [5.41, 5.74) is 1.85. The average molecular weight is 262 g/mol. The minimum Gasteiger partial charge on any atom is -0.395 e. The van der Waals surface area contributed by atoms with E-state index < -0.39 is 0 Å².